The van der Waals surface area contributed by atoms with Crippen molar-refractivity contribution in [3.8, 4) is 0 Å². The lowest BCUT2D eigenvalue weighted by molar-refractivity contribution is 0.881. The van der Waals surface area contributed by atoms with Crippen LogP contribution in [0.1, 0.15) is 22.5 Å². The highest BCUT2D eigenvalue weighted by molar-refractivity contribution is 6.31. The molecule has 0 fully saturated rings. The van der Waals surface area contributed by atoms with Crippen LogP contribution in [0.3, 0.4) is 0 Å². The molecule has 1 heterocycles. The Hall–Kier alpha value is -2.43. The maximum Gasteiger partial charge on any atom is 0.178 e. The predicted octanol–water partition coefficient (Wildman–Crippen LogP) is 4.69. The summed E-state index contributed by atoms with van der Waals surface area (Å²) in [7, 11) is 0. The minimum Gasteiger partial charge on any atom is -0.177 e. The summed E-state index contributed by atoms with van der Waals surface area (Å²) >= 11 is 12.1. The summed E-state index contributed by atoms with van der Waals surface area (Å²) in [5.41, 5.74) is 5.59. The molecule has 0 unspecified atom stereocenters. The Bertz CT molecular complexity index is 942. The van der Waals surface area contributed by atoms with E-state index >= 15 is 0 Å². The first-order chi connectivity index (χ1) is 11.7. The topological polar surface area (TPSA) is 54.5 Å². The average Bonchev–Trinajstić information content (AvgIpc) is 3.19. The van der Waals surface area contributed by atoms with Crippen LogP contribution in [-0.2, 0) is 6.42 Å². The van der Waals surface area contributed by atoms with Crippen LogP contribution in [0.5, 0.6) is 0 Å². The van der Waals surface area contributed by atoms with Gasteiger partial charge in [0.05, 0.1) is 0 Å². The molecule has 4 nitrogen and oxygen atoms in total. The number of nitrogens with zero attached hydrogens (tertiary/aromatic N) is 3. The number of hydrogen-bond donors (Lipinski definition) is 1. The fraction of sp³-hybridized carbons (Fsp3) is 0.0556. The van der Waals surface area contributed by atoms with Crippen molar-refractivity contribution in [2.45, 2.75) is 6.42 Å². The first-order valence-corrected chi connectivity index (χ1v) is 8.15. The van der Waals surface area contributed by atoms with Crippen molar-refractivity contribution in [1.82, 2.24) is 20.6 Å². The molecule has 0 spiro atoms. The minimum absolute atomic E-state index is 0.599. The van der Waals surface area contributed by atoms with Crippen molar-refractivity contribution < 1.29 is 0 Å². The van der Waals surface area contributed by atoms with E-state index in [2.05, 4.69) is 32.8 Å². The molecule has 1 aliphatic rings. The normalized spacial score (nSPS) is 14.8. The van der Waals surface area contributed by atoms with E-state index in [1.807, 2.05) is 42.5 Å². The highest BCUT2D eigenvalue weighted by Crippen LogP contribution is 2.39. The third-order valence-electron chi connectivity index (χ3n) is 3.90. The number of aromatic nitrogens is 4. The Morgan fingerprint density at radius 2 is 1.75 bits per heavy atom. The molecule has 118 valence electrons. The number of tetrazole rings is 1. The molecule has 0 radical (unpaired) electrons. The lowest BCUT2D eigenvalue weighted by Crippen LogP contribution is -1.92. The molecule has 4 rings (SSSR count). The lowest BCUT2D eigenvalue weighted by Gasteiger charge is -2.05. The minimum atomic E-state index is 0.599. The molecule has 0 amide bonds. The largest absolute Gasteiger partial charge is 0.178 e. The van der Waals surface area contributed by atoms with Gasteiger partial charge < -0.3 is 0 Å². The zero-order valence-electron chi connectivity index (χ0n) is 12.5. The van der Waals surface area contributed by atoms with Gasteiger partial charge in [0.25, 0.3) is 0 Å². The number of allylic oxidation sites excluding steroid dienone is 3. The Balaban J connectivity index is 1.77. The summed E-state index contributed by atoms with van der Waals surface area (Å²) in [5.74, 6) is 0.653. The average molecular weight is 355 g/mol. The summed E-state index contributed by atoms with van der Waals surface area (Å²) in [4.78, 5) is 0. The van der Waals surface area contributed by atoms with Gasteiger partial charge in [-0.15, -0.1) is 10.2 Å². The van der Waals surface area contributed by atoms with Gasteiger partial charge in [-0.2, -0.15) is 5.21 Å². The number of hydrogen-bond acceptors (Lipinski definition) is 3. The second-order valence-electron chi connectivity index (χ2n) is 5.52. The predicted molar refractivity (Wildman–Crippen MR) is 96.6 cm³/mol. The van der Waals surface area contributed by atoms with E-state index in [-0.39, 0.29) is 0 Å². The molecule has 0 saturated heterocycles. The van der Waals surface area contributed by atoms with Crippen LogP contribution in [0.2, 0.25) is 10.0 Å². The van der Waals surface area contributed by atoms with Crippen molar-refractivity contribution >= 4 is 40.4 Å². The third kappa shape index (κ3) is 2.98. The summed E-state index contributed by atoms with van der Waals surface area (Å²) < 4.78 is 0. The lowest BCUT2D eigenvalue weighted by atomic mass is 10.0. The van der Waals surface area contributed by atoms with Crippen LogP contribution in [0.25, 0.3) is 17.2 Å². The molecule has 0 bridgehead atoms. The molecule has 0 atom stereocenters. The van der Waals surface area contributed by atoms with Crippen LogP contribution in [0.15, 0.2) is 48.5 Å². The van der Waals surface area contributed by atoms with Crippen LogP contribution in [0, 0.1) is 0 Å². The maximum atomic E-state index is 6.18. The van der Waals surface area contributed by atoms with Gasteiger partial charge in [-0.05, 0) is 58.2 Å². The molecule has 0 aliphatic heterocycles. The summed E-state index contributed by atoms with van der Waals surface area (Å²) in [6.07, 6.45) is 4.88. The Morgan fingerprint density at radius 1 is 0.958 bits per heavy atom. The van der Waals surface area contributed by atoms with Gasteiger partial charge in [0.2, 0.25) is 0 Å². The Labute approximate surface area is 148 Å². The smallest absolute Gasteiger partial charge is 0.177 e. The van der Waals surface area contributed by atoms with E-state index in [1.54, 1.807) is 0 Å². The highest BCUT2D eigenvalue weighted by atomic mass is 35.5. The Morgan fingerprint density at radius 3 is 2.50 bits per heavy atom. The first kappa shape index (κ1) is 15.1. The molecule has 2 aromatic carbocycles. The fourth-order valence-electron chi connectivity index (χ4n) is 2.81. The number of nitrogens with one attached hydrogen (secondary N) is 1. The van der Waals surface area contributed by atoms with E-state index in [9.17, 15) is 0 Å². The summed E-state index contributed by atoms with van der Waals surface area (Å²) in [5, 5.41) is 15.6. The van der Waals surface area contributed by atoms with Crippen molar-refractivity contribution in [2.24, 2.45) is 0 Å². The molecule has 1 N–H and O–H groups in total. The van der Waals surface area contributed by atoms with E-state index in [0.29, 0.717) is 17.3 Å². The van der Waals surface area contributed by atoms with Crippen molar-refractivity contribution in [1.29, 1.82) is 0 Å². The van der Waals surface area contributed by atoms with Crippen molar-refractivity contribution in [3.63, 3.8) is 0 Å². The number of fused-ring (bicyclic) bond motifs is 1. The molecule has 1 aromatic heterocycles. The second kappa shape index (κ2) is 6.23. The molecular formula is C18H12Cl2N4. The van der Waals surface area contributed by atoms with Gasteiger partial charge in [0.15, 0.2) is 5.82 Å². The molecule has 6 heteroatoms. The third-order valence-corrected chi connectivity index (χ3v) is 4.39. The molecule has 1 aliphatic carbocycles. The highest BCUT2D eigenvalue weighted by Gasteiger charge is 2.20. The van der Waals surface area contributed by atoms with Crippen LogP contribution in [0.4, 0.5) is 0 Å². The first-order valence-electron chi connectivity index (χ1n) is 7.39. The zero-order chi connectivity index (χ0) is 16.5. The quantitative estimate of drug-likeness (QED) is 0.742. The number of H-pyrrole nitrogens is 1. The standard InChI is InChI=1S/C18H12Cl2N4/c19-14-3-1-11(2-4-14)7-12-8-13(9-18-21-23-24-22-18)17-10-15(20)5-6-16(12)17/h1-8,10H,9H2,(H,21,22,23,24). The van der Waals surface area contributed by atoms with E-state index in [0.717, 1.165) is 32.9 Å². The van der Waals surface area contributed by atoms with Gasteiger partial charge in [-0.1, -0.05) is 52.7 Å². The molecular weight excluding hydrogens is 343 g/mol. The van der Waals surface area contributed by atoms with Crippen LogP contribution in [-0.4, -0.2) is 20.6 Å². The zero-order valence-corrected chi connectivity index (χ0v) is 14.0. The molecule has 3 aromatic rings. The summed E-state index contributed by atoms with van der Waals surface area (Å²) in [6.45, 7) is 0. The number of aromatic amines is 1. The van der Waals surface area contributed by atoms with Gasteiger partial charge >= 0.3 is 0 Å². The van der Waals surface area contributed by atoms with Crippen molar-refractivity contribution in [3.05, 3.63) is 81.1 Å². The van der Waals surface area contributed by atoms with Crippen LogP contribution >= 0.6 is 23.2 Å². The maximum absolute atomic E-state index is 6.18. The summed E-state index contributed by atoms with van der Waals surface area (Å²) in [6, 6.07) is 13.7. The molecule has 24 heavy (non-hydrogen) atoms. The SMILES string of the molecule is Clc1ccc(C=C2C=C(Cc3nn[nH]n3)c3cc(Cl)ccc32)cc1. The molecule has 0 saturated carbocycles. The van der Waals surface area contributed by atoms with Gasteiger partial charge in [-0.3, -0.25) is 0 Å². The van der Waals surface area contributed by atoms with Crippen molar-refractivity contribution in [2.75, 3.05) is 0 Å². The van der Waals surface area contributed by atoms with Crippen LogP contribution < -0.4 is 0 Å². The number of benzene rings is 2. The van der Waals surface area contributed by atoms with E-state index in [1.165, 1.54) is 0 Å². The fourth-order valence-corrected chi connectivity index (χ4v) is 3.11. The number of halogens is 2. The van der Waals surface area contributed by atoms with E-state index in [4.69, 9.17) is 23.2 Å². The van der Waals surface area contributed by atoms with E-state index < -0.39 is 0 Å². The van der Waals surface area contributed by atoms with Gasteiger partial charge in [0, 0.05) is 16.5 Å². The van der Waals surface area contributed by atoms with Gasteiger partial charge in [-0.25, -0.2) is 0 Å². The van der Waals surface area contributed by atoms with Gasteiger partial charge in [0.1, 0.15) is 0 Å². The monoisotopic (exact) mass is 354 g/mol. The second-order valence-corrected chi connectivity index (χ2v) is 6.39. The Kier molecular flexibility index (Phi) is 3.92. The number of rotatable bonds is 3.